The van der Waals surface area contributed by atoms with Gasteiger partial charge in [-0.05, 0) is 45.5 Å². The second-order valence-electron chi connectivity index (χ2n) is 5.05. The van der Waals surface area contributed by atoms with Gasteiger partial charge in [0.15, 0.2) is 0 Å². The van der Waals surface area contributed by atoms with Crippen molar-refractivity contribution in [3.63, 3.8) is 0 Å². The van der Waals surface area contributed by atoms with Crippen molar-refractivity contribution in [2.45, 2.75) is 26.8 Å². The van der Waals surface area contributed by atoms with E-state index < -0.39 is 0 Å². The number of rotatable bonds is 5. The fourth-order valence-electron chi connectivity index (χ4n) is 2.83. The molecule has 1 heterocycles. The van der Waals surface area contributed by atoms with Gasteiger partial charge in [-0.1, -0.05) is 6.07 Å². The third-order valence-electron chi connectivity index (χ3n) is 3.95. The van der Waals surface area contributed by atoms with Crippen LogP contribution in [0.4, 0.5) is 0 Å². The third kappa shape index (κ3) is 2.63. The van der Waals surface area contributed by atoms with Crippen molar-refractivity contribution in [1.29, 1.82) is 0 Å². The molecule has 2 aromatic rings. The van der Waals surface area contributed by atoms with Crippen molar-refractivity contribution in [2.24, 2.45) is 0 Å². The molecule has 21 heavy (non-hydrogen) atoms. The van der Waals surface area contributed by atoms with Crippen molar-refractivity contribution >= 4 is 0 Å². The Balaban J connectivity index is 2.67. The first kappa shape index (κ1) is 15.4. The smallest absolute Gasteiger partial charge is 0.127 e. The summed E-state index contributed by atoms with van der Waals surface area (Å²) < 4.78 is 16.8. The molecule has 0 spiro atoms. The van der Waals surface area contributed by atoms with Crippen molar-refractivity contribution < 1.29 is 13.9 Å². The van der Waals surface area contributed by atoms with Crippen LogP contribution in [0.25, 0.3) is 0 Å². The maximum absolute atomic E-state index is 5.77. The summed E-state index contributed by atoms with van der Waals surface area (Å²) in [5.74, 6) is 3.45. The van der Waals surface area contributed by atoms with Gasteiger partial charge in [0.2, 0.25) is 0 Å². The summed E-state index contributed by atoms with van der Waals surface area (Å²) in [6.45, 7) is 6.05. The molecule has 0 aliphatic rings. The minimum Gasteiger partial charge on any atom is -0.496 e. The molecular weight excluding hydrogens is 266 g/mol. The molecule has 2 rings (SSSR count). The lowest BCUT2D eigenvalue weighted by molar-refractivity contribution is 0.378. The van der Waals surface area contributed by atoms with Gasteiger partial charge < -0.3 is 19.2 Å². The average molecular weight is 289 g/mol. The SMILES string of the molecule is CNC(c1c(OC)cccc1OC)c1c(C)oc(C)c1C. The molecule has 4 heteroatoms. The predicted octanol–water partition coefficient (Wildman–Crippen LogP) is 3.53. The first-order chi connectivity index (χ1) is 10.0. The number of furan rings is 1. The summed E-state index contributed by atoms with van der Waals surface area (Å²) in [5, 5.41) is 3.36. The quantitative estimate of drug-likeness (QED) is 0.914. The van der Waals surface area contributed by atoms with Gasteiger partial charge in [0, 0.05) is 5.56 Å². The lowest BCUT2D eigenvalue weighted by Gasteiger charge is -2.22. The molecule has 1 atom stereocenters. The van der Waals surface area contributed by atoms with Crippen LogP contribution in [0.3, 0.4) is 0 Å². The summed E-state index contributed by atoms with van der Waals surface area (Å²) >= 11 is 0. The molecule has 4 nitrogen and oxygen atoms in total. The van der Waals surface area contributed by atoms with Crippen LogP contribution in [0.5, 0.6) is 11.5 Å². The Morgan fingerprint density at radius 2 is 1.52 bits per heavy atom. The summed E-state index contributed by atoms with van der Waals surface area (Å²) in [4.78, 5) is 0. The molecule has 0 amide bonds. The van der Waals surface area contributed by atoms with E-state index in [0.29, 0.717) is 0 Å². The van der Waals surface area contributed by atoms with Crippen LogP contribution in [-0.4, -0.2) is 21.3 Å². The highest BCUT2D eigenvalue weighted by atomic mass is 16.5. The lowest BCUT2D eigenvalue weighted by atomic mass is 9.94. The minimum absolute atomic E-state index is 0.0476. The molecule has 0 aliphatic carbocycles. The Morgan fingerprint density at radius 3 is 1.90 bits per heavy atom. The predicted molar refractivity (Wildman–Crippen MR) is 83.4 cm³/mol. The largest absolute Gasteiger partial charge is 0.496 e. The molecule has 0 bridgehead atoms. The summed E-state index contributed by atoms with van der Waals surface area (Å²) in [6, 6.07) is 5.77. The monoisotopic (exact) mass is 289 g/mol. The number of nitrogens with one attached hydrogen (secondary N) is 1. The maximum atomic E-state index is 5.77. The highest BCUT2D eigenvalue weighted by molar-refractivity contribution is 5.52. The van der Waals surface area contributed by atoms with Crippen molar-refractivity contribution in [3.8, 4) is 11.5 Å². The number of hydrogen-bond acceptors (Lipinski definition) is 4. The molecular formula is C17H23NO3. The molecule has 1 N–H and O–H groups in total. The van der Waals surface area contributed by atoms with E-state index in [0.717, 1.165) is 39.7 Å². The molecule has 0 fully saturated rings. The second kappa shape index (κ2) is 6.22. The summed E-state index contributed by atoms with van der Waals surface area (Å²) in [5.41, 5.74) is 3.27. The number of methoxy groups -OCH3 is 2. The molecule has 0 radical (unpaired) electrons. The van der Waals surface area contributed by atoms with Gasteiger partial charge in [0.25, 0.3) is 0 Å². The lowest BCUT2D eigenvalue weighted by Crippen LogP contribution is -2.20. The maximum Gasteiger partial charge on any atom is 0.127 e. The number of ether oxygens (including phenoxy) is 2. The Bertz CT molecular complexity index is 609. The van der Waals surface area contributed by atoms with Crippen LogP contribution in [-0.2, 0) is 0 Å². The Hall–Kier alpha value is -1.94. The fourth-order valence-corrected chi connectivity index (χ4v) is 2.83. The van der Waals surface area contributed by atoms with Crippen LogP contribution >= 0.6 is 0 Å². The summed E-state index contributed by atoms with van der Waals surface area (Å²) in [7, 11) is 5.27. The Kier molecular flexibility index (Phi) is 4.58. The average Bonchev–Trinajstić information content (AvgIpc) is 2.74. The normalized spacial score (nSPS) is 12.3. The van der Waals surface area contributed by atoms with Gasteiger partial charge in [-0.2, -0.15) is 0 Å². The first-order valence-electron chi connectivity index (χ1n) is 6.99. The van der Waals surface area contributed by atoms with E-state index >= 15 is 0 Å². The molecule has 1 aromatic carbocycles. The van der Waals surface area contributed by atoms with Gasteiger partial charge in [0.05, 0.1) is 25.8 Å². The van der Waals surface area contributed by atoms with E-state index in [1.165, 1.54) is 0 Å². The van der Waals surface area contributed by atoms with E-state index in [1.807, 2.05) is 39.1 Å². The second-order valence-corrected chi connectivity index (χ2v) is 5.05. The summed E-state index contributed by atoms with van der Waals surface area (Å²) in [6.07, 6.45) is 0. The van der Waals surface area contributed by atoms with E-state index in [9.17, 15) is 0 Å². The molecule has 0 aliphatic heterocycles. The van der Waals surface area contributed by atoms with Crippen LogP contribution in [0.15, 0.2) is 22.6 Å². The fraction of sp³-hybridized carbons (Fsp3) is 0.412. The molecule has 0 saturated carbocycles. The first-order valence-corrected chi connectivity index (χ1v) is 6.99. The Labute approximate surface area is 126 Å². The molecule has 1 unspecified atom stereocenters. The van der Waals surface area contributed by atoms with E-state index in [4.69, 9.17) is 13.9 Å². The molecule has 0 saturated heterocycles. The van der Waals surface area contributed by atoms with Gasteiger partial charge in [-0.25, -0.2) is 0 Å². The van der Waals surface area contributed by atoms with Gasteiger partial charge in [-0.15, -0.1) is 0 Å². The van der Waals surface area contributed by atoms with Crippen molar-refractivity contribution in [2.75, 3.05) is 21.3 Å². The zero-order valence-electron chi connectivity index (χ0n) is 13.5. The zero-order chi connectivity index (χ0) is 15.6. The zero-order valence-corrected chi connectivity index (χ0v) is 13.5. The standard InChI is InChI=1S/C17H23NO3/c1-10-11(2)21-12(3)15(10)17(18-4)16-13(19-5)8-7-9-14(16)20-6/h7-9,17-18H,1-6H3. The third-order valence-corrected chi connectivity index (χ3v) is 3.95. The van der Waals surface area contributed by atoms with Gasteiger partial charge in [0.1, 0.15) is 23.0 Å². The van der Waals surface area contributed by atoms with Gasteiger partial charge >= 0.3 is 0 Å². The Morgan fingerprint density at radius 1 is 0.952 bits per heavy atom. The molecule has 114 valence electrons. The van der Waals surface area contributed by atoms with Crippen molar-refractivity contribution in [3.05, 3.63) is 46.4 Å². The molecule has 1 aromatic heterocycles. The highest BCUT2D eigenvalue weighted by Gasteiger charge is 2.26. The van der Waals surface area contributed by atoms with Crippen LogP contribution in [0.1, 0.15) is 34.3 Å². The van der Waals surface area contributed by atoms with Crippen molar-refractivity contribution in [1.82, 2.24) is 5.32 Å². The van der Waals surface area contributed by atoms with Gasteiger partial charge in [-0.3, -0.25) is 0 Å². The minimum atomic E-state index is -0.0476. The number of aryl methyl sites for hydroxylation is 2. The van der Waals surface area contributed by atoms with E-state index in [-0.39, 0.29) is 6.04 Å². The van der Waals surface area contributed by atoms with E-state index in [1.54, 1.807) is 14.2 Å². The highest BCUT2D eigenvalue weighted by Crippen LogP contribution is 2.40. The number of benzene rings is 1. The van der Waals surface area contributed by atoms with Crippen LogP contribution < -0.4 is 14.8 Å². The topological polar surface area (TPSA) is 43.6 Å². The van der Waals surface area contributed by atoms with E-state index in [2.05, 4.69) is 12.2 Å². The number of hydrogen-bond donors (Lipinski definition) is 1. The van der Waals surface area contributed by atoms with Crippen LogP contribution in [0.2, 0.25) is 0 Å². The van der Waals surface area contributed by atoms with Crippen LogP contribution in [0, 0.1) is 20.8 Å².